The third-order valence-corrected chi connectivity index (χ3v) is 2.85. The molecule has 1 N–H and O–H groups in total. The summed E-state index contributed by atoms with van der Waals surface area (Å²) in [5, 5.41) is 3.23. The van der Waals surface area contributed by atoms with Gasteiger partial charge in [0.25, 0.3) is 0 Å². The fraction of sp³-hybridized carbons (Fsp3) is 0.700. The smallest absolute Gasteiger partial charge is 0.0948 e. The lowest BCUT2D eigenvalue weighted by molar-refractivity contribution is 0.660. The first-order chi connectivity index (χ1) is 6.36. The van der Waals surface area contributed by atoms with Crippen molar-refractivity contribution in [2.24, 2.45) is 5.92 Å². The van der Waals surface area contributed by atoms with Gasteiger partial charge in [0.1, 0.15) is 0 Å². The fourth-order valence-electron chi connectivity index (χ4n) is 2.00. The van der Waals surface area contributed by atoms with Crippen LogP contribution in [0.3, 0.4) is 0 Å². The minimum absolute atomic E-state index is 0.759. The van der Waals surface area contributed by atoms with Crippen molar-refractivity contribution < 1.29 is 0 Å². The molecule has 1 saturated carbocycles. The monoisotopic (exact) mass is 179 g/mol. The highest BCUT2D eigenvalue weighted by Gasteiger charge is 2.39. The van der Waals surface area contributed by atoms with Gasteiger partial charge >= 0.3 is 0 Å². The van der Waals surface area contributed by atoms with E-state index in [0.717, 1.165) is 24.9 Å². The SMILES string of the molecule is CCn1cncc1C1CC1CNC. The van der Waals surface area contributed by atoms with Gasteiger partial charge in [0.2, 0.25) is 0 Å². The molecular weight excluding hydrogens is 162 g/mol. The lowest BCUT2D eigenvalue weighted by Crippen LogP contribution is -2.10. The Balaban J connectivity index is 2.02. The van der Waals surface area contributed by atoms with Crippen molar-refractivity contribution in [2.45, 2.75) is 25.8 Å². The van der Waals surface area contributed by atoms with E-state index in [2.05, 4.69) is 21.8 Å². The molecule has 3 heteroatoms. The van der Waals surface area contributed by atoms with Crippen LogP contribution in [0.15, 0.2) is 12.5 Å². The van der Waals surface area contributed by atoms with E-state index in [0.29, 0.717) is 0 Å². The third-order valence-electron chi connectivity index (χ3n) is 2.85. The number of hydrogen-bond donors (Lipinski definition) is 1. The van der Waals surface area contributed by atoms with Gasteiger partial charge in [0.05, 0.1) is 6.33 Å². The molecule has 0 bridgehead atoms. The second kappa shape index (κ2) is 3.50. The van der Waals surface area contributed by atoms with Crippen molar-refractivity contribution >= 4 is 0 Å². The van der Waals surface area contributed by atoms with E-state index in [1.54, 1.807) is 0 Å². The van der Waals surface area contributed by atoms with Crippen LogP contribution in [0.25, 0.3) is 0 Å². The van der Waals surface area contributed by atoms with E-state index < -0.39 is 0 Å². The summed E-state index contributed by atoms with van der Waals surface area (Å²) in [7, 11) is 2.02. The van der Waals surface area contributed by atoms with Crippen molar-refractivity contribution in [1.29, 1.82) is 0 Å². The van der Waals surface area contributed by atoms with Gasteiger partial charge in [-0.05, 0) is 32.9 Å². The maximum Gasteiger partial charge on any atom is 0.0948 e. The molecule has 0 aliphatic heterocycles. The molecule has 13 heavy (non-hydrogen) atoms. The Kier molecular flexibility index (Phi) is 2.36. The zero-order chi connectivity index (χ0) is 9.26. The summed E-state index contributed by atoms with van der Waals surface area (Å²) in [6.07, 6.45) is 5.28. The number of nitrogens with one attached hydrogen (secondary N) is 1. The van der Waals surface area contributed by atoms with Gasteiger partial charge in [-0.3, -0.25) is 0 Å². The maximum absolute atomic E-state index is 4.19. The Bertz CT molecular complexity index is 279. The van der Waals surface area contributed by atoms with Crippen molar-refractivity contribution in [3.8, 4) is 0 Å². The van der Waals surface area contributed by atoms with Crippen molar-refractivity contribution in [3.05, 3.63) is 18.2 Å². The van der Waals surface area contributed by atoms with Gasteiger partial charge in [-0.2, -0.15) is 0 Å². The topological polar surface area (TPSA) is 29.9 Å². The first-order valence-electron chi connectivity index (χ1n) is 5.01. The molecule has 2 unspecified atom stereocenters. The summed E-state index contributed by atoms with van der Waals surface area (Å²) >= 11 is 0. The highest BCUT2D eigenvalue weighted by molar-refractivity contribution is 5.16. The molecule has 72 valence electrons. The molecule has 2 rings (SSSR count). The Morgan fingerprint density at radius 1 is 1.69 bits per heavy atom. The molecule has 1 heterocycles. The van der Waals surface area contributed by atoms with Gasteiger partial charge in [-0.25, -0.2) is 4.98 Å². The molecule has 0 saturated heterocycles. The zero-order valence-corrected chi connectivity index (χ0v) is 8.33. The van der Waals surface area contributed by atoms with E-state index in [1.807, 2.05) is 19.6 Å². The van der Waals surface area contributed by atoms with Crippen molar-refractivity contribution in [3.63, 3.8) is 0 Å². The summed E-state index contributed by atoms with van der Waals surface area (Å²) in [6.45, 7) is 4.35. The Labute approximate surface area is 79.2 Å². The van der Waals surface area contributed by atoms with Crippen LogP contribution in [-0.2, 0) is 6.54 Å². The number of nitrogens with zero attached hydrogens (tertiary/aromatic N) is 2. The van der Waals surface area contributed by atoms with E-state index in [4.69, 9.17) is 0 Å². The average Bonchev–Trinajstić information content (AvgIpc) is 2.75. The Hall–Kier alpha value is -0.830. The second-order valence-corrected chi connectivity index (χ2v) is 3.76. The summed E-state index contributed by atoms with van der Waals surface area (Å²) in [6, 6.07) is 0. The molecule has 1 aromatic rings. The number of imidazole rings is 1. The average molecular weight is 179 g/mol. The summed E-state index contributed by atoms with van der Waals surface area (Å²) in [5.74, 6) is 1.60. The largest absolute Gasteiger partial charge is 0.335 e. The molecule has 3 nitrogen and oxygen atoms in total. The van der Waals surface area contributed by atoms with Gasteiger partial charge in [0.15, 0.2) is 0 Å². The highest BCUT2D eigenvalue weighted by atomic mass is 15.0. The molecule has 0 amide bonds. The Morgan fingerprint density at radius 2 is 2.54 bits per heavy atom. The fourth-order valence-corrected chi connectivity index (χ4v) is 2.00. The number of hydrogen-bond acceptors (Lipinski definition) is 2. The predicted molar refractivity (Wildman–Crippen MR) is 52.7 cm³/mol. The van der Waals surface area contributed by atoms with Gasteiger partial charge in [0, 0.05) is 24.4 Å². The van der Waals surface area contributed by atoms with Gasteiger partial charge in [-0.1, -0.05) is 0 Å². The summed E-state index contributed by atoms with van der Waals surface area (Å²) < 4.78 is 2.25. The maximum atomic E-state index is 4.19. The van der Waals surface area contributed by atoms with Gasteiger partial charge in [-0.15, -0.1) is 0 Å². The third kappa shape index (κ3) is 1.61. The quantitative estimate of drug-likeness (QED) is 0.753. The van der Waals surface area contributed by atoms with Crippen LogP contribution in [-0.4, -0.2) is 23.1 Å². The van der Waals surface area contributed by atoms with Crippen molar-refractivity contribution in [2.75, 3.05) is 13.6 Å². The van der Waals surface area contributed by atoms with Crippen LogP contribution in [0.5, 0.6) is 0 Å². The van der Waals surface area contributed by atoms with Gasteiger partial charge < -0.3 is 9.88 Å². The first-order valence-corrected chi connectivity index (χ1v) is 5.01. The van der Waals surface area contributed by atoms with Crippen LogP contribution < -0.4 is 5.32 Å². The molecule has 0 aromatic carbocycles. The number of rotatable bonds is 4. The van der Waals surface area contributed by atoms with Crippen LogP contribution in [0.4, 0.5) is 0 Å². The minimum atomic E-state index is 0.759. The standard InChI is InChI=1S/C10H17N3/c1-3-13-7-12-6-10(13)9-4-8(9)5-11-2/h6-9,11H,3-5H2,1-2H3. The number of aromatic nitrogens is 2. The van der Waals surface area contributed by atoms with Crippen LogP contribution >= 0.6 is 0 Å². The Morgan fingerprint density at radius 3 is 3.23 bits per heavy atom. The molecule has 0 spiro atoms. The molecule has 2 atom stereocenters. The summed E-state index contributed by atoms with van der Waals surface area (Å²) in [4.78, 5) is 4.19. The molecular formula is C10H17N3. The highest BCUT2D eigenvalue weighted by Crippen LogP contribution is 2.46. The van der Waals surface area contributed by atoms with E-state index >= 15 is 0 Å². The lowest BCUT2D eigenvalue weighted by atomic mass is 10.2. The second-order valence-electron chi connectivity index (χ2n) is 3.76. The predicted octanol–water partition coefficient (Wildman–Crippen LogP) is 1.23. The van der Waals surface area contributed by atoms with E-state index in [-0.39, 0.29) is 0 Å². The van der Waals surface area contributed by atoms with E-state index in [1.165, 1.54) is 12.1 Å². The molecule has 1 fully saturated rings. The normalized spacial score (nSPS) is 26.3. The molecule has 0 radical (unpaired) electrons. The van der Waals surface area contributed by atoms with E-state index in [9.17, 15) is 0 Å². The van der Waals surface area contributed by atoms with Crippen LogP contribution in [0.2, 0.25) is 0 Å². The van der Waals surface area contributed by atoms with Crippen molar-refractivity contribution in [1.82, 2.24) is 14.9 Å². The first kappa shape index (κ1) is 8.75. The van der Waals surface area contributed by atoms with Crippen LogP contribution in [0.1, 0.15) is 25.0 Å². The molecule has 1 aromatic heterocycles. The lowest BCUT2D eigenvalue weighted by Gasteiger charge is -2.03. The molecule has 1 aliphatic rings. The molecule has 1 aliphatic carbocycles. The van der Waals surface area contributed by atoms with Crippen LogP contribution in [0, 0.1) is 5.92 Å². The number of aryl methyl sites for hydroxylation is 1. The summed E-state index contributed by atoms with van der Waals surface area (Å²) in [5.41, 5.74) is 1.42. The zero-order valence-electron chi connectivity index (χ0n) is 8.33. The minimum Gasteiger partial charge on any atom is -0.335 e.